The van der Waals surface area contributed by atoms with Crippen molar-refractivity contribution in [2.75, 3.05) is 13.2 Å². The lowest BCUT2D eigenvalue weighted by Crippen LogP contribution is -2.38. The second kappa shape index (κ2) is 5.84. The van der Waals surface area contributed by atoms with Gasteiger partial charge in [-0.25, -0.2) is 17.9 Å². The van der Waals surface area contributed by atoms with Gasteiger partial charge >= 0.3 is 5.97 Å². The van der Waals surface area contributed by atoms with E-state index < -0.39 is 21.8 Å². The molecule has 0 aliphatic carbocycles. The third-order valence-electron chi connectivity index (χ3n) is 3.17. The predicted octanol–water partition coefficient (Wildman–Crippen LogP) is 1.44. The summed E-state index contributed by atoms with van der Waals surface area (Å²) < 4.78 is 36.9. The monoisotopic (exact) mass is 367 g/mol. The number of ether oxygens (including phenoxy) is 1. The maximum atomic E-state index is 12.2. The first kappa shape index (κ1) is 15.5. The van der Waals surface area contributed by atoms with Crippen LogP contribution in [0.5, 0.6) is 0 Å². The molecule has 0 amide bonds. The van der Waals surface area contributed by atoms with Crippen LogP contribution in [0.15, 0.2) is 20.0 Å². The van der Waals surface area contributed by atoms with E-state index in [0.717, 1.165) is 12.5 Å². The predicted molar refractivity (Wildman–Crippen MR) is 72.1 cm³/mol. The molecule has 1 fully saturated rings. The fourth-order valence-electron chi connectivity index (χ4n) is 1.99. The van der Waals surface area contributed by atoms with Gasteiger partial charge in [-0.1, -0.05) is 0 Å². The molecule has 2 rings (SSSR count). The Balaban J connectivity index is 2.19. The van der Waals surface area contributed by atoms with Crippen LogP contribution < -0.4 is 4.72 Å². The van der Waals surface area contributed by atoms with E-state index in [-0.39, 0.29) is 21.5 Å². The molecule has 1 aliphatic heterocycles. The highest BCUT2D eigenvalue weighted by molar-refractivity contribution is 9.10. The van der Waals surface area contributed by atoms with Crippen LogP contribution >= 0.6 is 15.9 Å². The Bertz CT molecular complexity index is 604. The highest BCUT2D eigenvalue weighted by atomic mass is 79.9. The summed E-state index contributed by atoms with van der Waals surface area (Å²) in [6.07, 6.45) is 0.788. The average Bonchev–Trinajstić information content (AvgIpc) is 2.96. The van der Waals surface area contributed by atoms with Crippen molar-refractivity contribution in [1.82, 2.24) is 4.72 Å². The van der Waals surface area contributed by atoms with Crippen molar-refractivity contribution in [1.29, 1.82) is 0 Å². The number of hydrogen-bond donors (Lipinski definition) is 2. The Kier molecular flexibility index (Phi) is 4.52. The van der Waals surface area contributed by atoms with Gasteiger partial charge < -0.3 is 14.3 Å². The molecule has 2 unspecified atom stereocenters. The molecule has 0 aromatic carbocycles. The van der Waals surface area contributed by atoms with Gasteiger partial charge in [0.25, 0.3) is 0 Å². The minimum absolute atomic E-state index is 0.106. The van der Waals surface area contributed by atoms with Crippen molar-refractivity contribution < 1.29 is 27.5 Å². The molecule has 1 saturated heterocycles. The smallest absolute Gasteiger partial charge is 0.371 e. The van der Waals surface area contributed by atoms with Crippen LogP contribution in [0.25, 0.3) is 0 Å². The van der Waals surface area contributed by atoms with Crippen molar-refractivity contribution in [3.63, 3.8) is 0 Å². The lowest BCUT2D eigenvalue weighted by atomic mass is 10.0. The largest absolute Gasteiger partial charge is 0.475 e. The number of nitrogens with one attached hydrogen (secondary N) is 1. The van der Waals surface area contributed by atoms with Crippen LogP contribution in [0.2, 0.25) is 0 Å². The zero-order chi connectivity index (χ0) is 14.9. The van der Waals surface area contributed by atoms with Gasteiger partial charge in [0, 0.05) is 24.6 Å². The number of halogens is 1. The van der Waals surface area contributed by atoms with Gasteiger partial charge in [-0.15, -0.1) is 0 Å². The molecule has 0 saturated carbocycles. The first-order valence-corrected chi connectivity index (χ1v) is 8.21. The lowest BCUT2D eigenvalue weighted by molar-refractivity contribution is 0.0661. The Labute approximate surface area is 124 Å². The first-order valence-electron chi connectivity index (χ1n) is 5.94. The van der Waals surface area contributed by atoms with E-state index in [1.54, 1.807) is 6.92 Å². The fraction of sp³-hybridized carbons (Fsp3) is 0.545. The Morgan fingerprint density at radius 3 is 2.80 bits per heavy atom. The zero-order valence-corrected chi connectivity index (χ0v) is 13.0. The topological polar surface area (TPSA) is 106 Å². The molecular weight excluding hydrogens is 354 g/mol. The quantitative estimate of drug-likeness (QED) is 0.815. The molecule has 20 heavy (non-hydrogen) atoms. The highest BCUT2D eigenvalue weighted by Crippen LogP contribution is 2.27. The number of carboxylic acids is 1. The molecule has 0 spiro atoms. The first-order chi connectivity index (χ1) is 9.31. The number of rotatable bonds is 5. The van der Waals surface area contributed by atoms with Crippen molar-refractivity contribution in [3.05, 3.63) is 16.5 Å². The van der Waals surface area contributed by atoms with E-state index in [1.807, 2.05) is 0 Å². The minimum Gasteiger partial charge on any atom is -0.475 e. The van der Waals surface area contributed by atoms with Gasteiger partial charge in [0.15, 0.2) is 4.67 Å². The zero-order valence-electron chi connectivity index (χ0n) is 10.6. The maximum absolute atomic E-state index is 12.2. The SMILES string of the molecule is CC(NS(=O)(=O)c1cc(C(=O)O)oc1Br)C1CCOC1. The molecule has 1 aliphatic rings. The summed E-state index contributed by atoms with van der Waals surface area (Å²) in [6, 6.07) is 0.671. The summed E-state index contributed by atoms with van der Waals surface area (Å²) in [5, 5.41) is 8.80. The summed E-state index contributed by atoms with van der Waals surface area (Å²) in [4.78, 5) is 10.6. The highest BCUT2D eigenvalue weighted by Gasteiger charge is 2.30. The van der Waals surface area contributed by atoms with Gasteiger partial charge in [-0.05, 0) is 29.3 Å². The number of sulfonamides is 1. The number of aromatic carboxylic acids is 1. The number of hydrogen-bond acceptors (Lipinski definition) is 5. The van der Waals surface area contributed by atoms with Crippen molar-refractivity contribution in [2.24, 2.45) is 5.92 Å². The Hall–Kier alpha value is -0.900. The summed E-state index contributed by atoms with van der Waals surface area (Å²) in [5.41, 5.74) is 0. The van der Waals surface area contributed by atoms with Gasteiger partial charge in [0.05, 0.1) is 6.61 Å². The summed E-state index contributed by atoms with van der Waals surface area (Å²) in [7, 11) is -3.85. The van der Waals surface area contributed by atoms with Crippen LogP contribution in [0.4, 0.5) is 0 Å². The van der Waals surface area contributed by atoms with Gasteiger partial charge in [0.2, 0.25) is 15.8 Å². The number of carbonyl (C=O) groups is 1. The van der Waals surface area contributed by atoms with E-state index in [0.29, 0.717) is 13.2 Å². The van der Waals surface area contributed by atoms with Gasteiger partial charge in [0.1, 0.15) is 4.90 Å². The molecule has 0 bridgehead atoms. The summed E-state index contributed by atoms with van der Waals surface area (Å²) in [5.74, 6) is -1.66. The second-order valence-corrected chi connectivity index (χ2v) is 6.99. The van der Waals surface area contributed by atoms with Gasteiger partial charge in [-0.2, -0.15) is 0 Å². The molecule has 2 N–H and O–H groups in total. The lowest BCUT2D eigenvalue weighted by Gasteiger charge is -2.18. The number of furan rings is 1. The summed E-state index contributed by atoms with van der Waals surface area (Å²) >= 11 is 2.92. The Morgan fingerprint density at radius 2 is 2.30 bits per heavy atom. The molecule has 1 aromatic rings. The molecular formula is C11H14BrNO6S. The summed E-state index contributed by atoms with van der Waals surface area (Å²) in [6.45, 7) is 2.88. The molecule has 7 nitrogen and oxygen atoms in total. The fourth-order valence-corrected chi connectivity index (χ4v) is 4.24. The van der Waals surface area contributed by atoms with E-state index in [2.05, 4.69) is 20.7 Å². The van der Waals surface area contributed by atoms with E-state index in [1.165, 1.54) is 0 Å². The third kappa shape index (κ3) is 3.22. The van der Waals surface area contributed by atoms with E-state index in [9.17, 15) is 13.2 Å². The van der Waals surface area contributed by atoms with Crippen molar-refractivity contribution >= 4 is 31.9 Å². The minimum atomic E-state index is -3.85. The average molecular weight is 368 g/mol. The van der Waals surface area contributed by atoms with Crippen molar-refractivity contribution in [3.8, 4) is 0 Å². The van der Waals surface area contributed by atoms with Crippen LogP contribution in [0, 0.1) is 5.92 Å². The molecule has 2 atom stereocenters. The maximum Gasteiger partial charge on any atom is 0.371 e. The standard InChI is InChI=1S/C11H14BrNO6S/c1-6(7-2-3-18-5-7)13-20(16,17)9-4-8(11(14)15)19-10(9)12/h4,6-7,13H,2-3,5H2,1H3,(H,14,15). The van der Waals surface area contributed by atoms with E-state index >= 15 is 0 Å². The molecule has 0 radical (unpaired) electrons. The van der Waals surface area contributed by atoms with Gasteiger partial charge in [-0.3, -0.25) is 0 Å². The molecule has 2 heterocycles. The van der Waals surface area contributed by atoms with Crippen LogP contribution in [0.1, 0.15) is 23.9 Å². The van der Waals surface area contributed by atoms with E-state index in [4.69, 9.17) is 14.3 Å². The number of carboxylic acid groups (broad SMARTS) is 1. The van der Waals surface area contributed by atoms with Crippen LogP contribution in [-0.2, 0) is 14.8 Å². The van der Waals surface area contributed by atoms with Crippen LogP contribution in [0.3, 0.4) is 0 Å². The molecule has 112 valence electrons. The third-order valence-corrected chi connectivity index (χ3v) is 5.58. The Morgan fingerprint density at radius 1 is 1.60 bits per heavy atom. The normalized spacial score (nSPS) is 21.0. The molecule has 9 heteroatoms. The molecule has 1 aromatic heterocycles. The second-order valence-electron chi connectivity index (χ2n) is 4.59. The van der Waals surface area contributed by atoms with Crippen LogP contribution in [-0.4, -0.2) is 38.7 Å². The van der Waals surface area contributed by atoms with Crippen molar-refractivity contribution in [2.45, 2.75) is 24.3 Å².